The number of rotatable bonds is 6. The lowest BCUT2D eigenvalue weighted by atomic mass is 9.85. The summed E-state index contributed by atoms with van der Waals surface area (Å²) in [5.41, 5.74) is 1.15. The summed E-state index contributed by atoms with van der Waals surface area (Å²) in [6, 6.07) is 10.8. The summed E-state index contributed by atoms with van der Waals surface area (Å²) in [5.74, 6) is 0.0262. The van der Waals surface area contributed by atoms with Gasteiger partial charge in [-0.05, 0) is 89.8 Å². The van der Waals surface area contributed by atoms with E-state index in [0.29, 0.717) is 46.3 Å². The largest absolute Gasteiger partial charge is 0.481 e. The molecule has 3 N–H and O–H groups in total. The van der Waals surface area contributed by atoms with Crippen molar-refractivity contribution in [2.24, 2.45) is 10.8 Å². The number of esters is 1. The van der Waals surface area contributed by atoms with Gasteiger partial charge in [-0.2, -0.15) is 0 Å². The first-order chi connectivity index (χ1) is 18.1. The van der Waals surface area contributed by atoms with E-state index in [1.54, 1.807) is 52.0 Å². The zero-order valence-corrected chi connectivity index (χ0v) is 23.3. The smallest absolute Gasteiger partial charge is 0.311 e. The van der Waals surface area contributed by atoms with Crippen LogP contribution in [0.1, 0.15) is 50.5 Å². The average molecular weight is 535 g/mol. The van der Waals surface area contributed by atoms with Gasteiger partial charge < -0.3 is 19.8 Å². The molecule has 0 aliphatic heterocycles. The Bertz CT molecular complexity index is 1670. The fourth-order valence-electron chi connectivity index (χ4n) is 4.27. The van der Waals surface area contributed by atoms with Gasteiger partial charge in [0, 0.05) is 0 Å². The second-order valence-corrected chi connectivity index (χ2v) is 10.9. The lowest BCUT2D eigenvalue weighted by Gasteiger charge is -2.21. The van der Waals surface area contributed by atoms with Gasteiger partial charge in [-0.15, -0.1) is 0 Å². The van der Waals surface area contributed by atoms with Gasteiger partial charge in [-0.25, -0.2) is 9.97 Å². The van der Waals surface area contributed by atoms with Crippen LogP contribution in [0.15, 0.2) is 46.0 Å². The van der Waals surface area contributed by atoms with E-state index in [2.05, 4.69) is 19.9 Å². The Morgan fingerprint density at radius 2 is 1.21 bits per heavy atom. The molecule has 4 aromatic rings. The number of fused-ring (bicyclic) bond motifs is 2. The standard InChI is InChI=1S/C15H18N2O3.C14H16N2O3/c1-9-16-12-6-5-10(7-11(12)13(18)17-9)8-15(2,3)14(19)20-4;1-8-15-11-5-4-9(6-10(11)12(17)16-8)7-14(2,3)13(18)19/h5-7H,8H2,1-4H3,(H,16,17,18);4-6H,7H2,1-3H3,(H,18,19)(H,15,16,17). The number of nitrogens with one attached hydrogen (secondary N) is 2. The minimum absolute atomic E-state index is 0.162. The minimum Gasteiger partial charge on any atom is -0.481 e. The first-order valence-electron chi connectivity index (χ1n) is 12.4. The van der Waals surface area contributed by atoms with E-state index >= 15 is 0 Å². The summed E-state index contributed by atoms with van der Waals surface area (Å²) in [6.07, 6.45) is 0.870. The number of aromatic nitrogens is 4. The molecule has 0 spiro atoms. The number of carboxylic acid groups (broad SMARTS) is 1. The molecule has 0 aliphatic carbocycles. The second kappa shape index (κ2) is 11.2. The third-order valence-corrected chi connectivity index (χ3v) is 6.39. The maximum Gasteiger partial charge on any atom is 0.311 e. The van der Waals surface area contributed by atoms with Crippen LogP contribution in [0.5, 0.6) is 0 Å². The fourth-order valence-corrected chi connectivity index (χ4v) is 4.27. The van der Waals surface area contributed by atoms with Gasteiger partial charge in [-0.3, -0.25) is 19.2 Å². The Hall–Kier alpha value is -4.34. The summed E-state index contributed by atoms with van der Waals surface area (Å²) in [6.45, 7) is 10.4. The summed E-state index contributed by atoms with van der Waals surface area (Å²) in [7, 11) is 1.38. The molecular weight excluding hydrogens is 500 g/mol. The number of nitrogens with zero attached hydrogens (tertiary/aromatic N) is 2. The summed E-state index contributed by atoms with van der Waals surface area (Å²) in [4.78, 5) is 60.4. The van der Waals surface area contributed by atoms with Gasteiger partial charge in [0.15, 0.2) is 0 Å². The van der Waals surface area contributed by atoms with Crippen LogP contribution in [0.25, 0.3) is 21.8 Å². The van der Waals surface area contributed by atoms with Crippen LogP contribution in [-0.4, -0.2) is 44.1 Å². The Morgan fingerprint density at radius 1 is 0.795 bits per heavy atom. The van der Waals surface area contributed by atoms with Crippen LogP contribution in [0.2, 0.25) is 0 Å². The number of benzene rings is 2. The van der Waals surface area contributed by atoms with Crippen LogP contribution >= 0.6 is 0 Å². The van der Waals surface area contributed by atoms with Gasteiger partial charge in [0.1, 0.15) is 11.6 Å². The Balaban J connectivity index is 0.000000216. The first kappa shape index (κ1) is 29.2. The number of hydrogen-bond acceptors (Lipinski definition) is 7. The molecule has 2 aromatic heterocycles. The van der Waals surface area contributed by atoms with Crippen LogP contribution in [0, 0.1) is 24.7 Å². The highest BCUT2D eigenvalue weighted by Gasteiger charge is 2.29. The lowest BCUT2D eigenvalue weighted by Crippen LogP contribution is -2.28. The SMILES string of the molecule is COC(=O)C(C)(C)Cc1ccc2nc(C)[nH]c(=O)c2c1.Cc1nc2ccc(CC(C)(C)C(=O)O)cc2c(=O)[nH]1. The highest BCUT2D eigenvalue weighted by atomic mass is 16.5. The van der Waals surface area contributed by atoms with Gasteiger partial charge in [0.05, 0.1) is 39.7 Å². The topological polar surface area (TPSA) is 155 Å². The molecule has 39 heavy (non-hydrogen) atoms. The van der Waals surface area contributed by atoms with Gasteiger partial charge in [0.25, 0.3) is 11.1 Å². The number of carbonyl (C=O) groups excluding carboxylic acids is 1. The van der Waals surface area contributed by atoms with Gasteiger partial charge >= 0.3 is 11.9 Å². The third-order valence-electron chi connectivity index (χ3n) is 6.39. The predicted molar refractivity (Wildman–Crippen MR) is 149 cm³/mol. The molecule has 2 heterocycles. The molecule has 0 bridgehead atoms. The van der Waals surface area contributed by atoms with E-state index in [0.717, 1.165) is 11.1 Å². The maximum atomic E-state index is 11.9. The van der Waals surface area contributed by atoms with E-state index in [4.69, 9.17) is 9.84 Å². The van der Waals surface area contributed by atoms with Crippen LogP contribution in [0.3, 0.4) is 0 Å². The summed E-state index contributed by atoms with van der Waals surface area (Å²) in [5, 5.41) is 10.2. The number of aromatic amines is 2. The van der Waals surface area contributed by atoms with Gasteiger partial charge in [-0.1, -0.05) is 12.1 Å². The number of H-pyrrole nitrogens is 2. The van der Waals surface area contributed by atoms with Crippen molar-refractivity contribution in [3.05, 3.63) is 79.9 Å². The van der Waals surface area contributed by atoms with Crippen molar-refractivity contribution in [3.8, 4) is 0 Å². The zero-order valence-electron chi connectivity index (χ0n) is 23.3. The Kier molecular flexibility index (Phi) is 8.38. The van der Waals surface area contributed by atoms with E-state index in [-0.39, 0.29) is 17.1 Å². The van der Waals surface area contributed by atoms with Crippen molar-refractivity contribution in [2.75, 3.05) is 7.11 Å². The van der Waals surface area contributed by atoms with Crippen LogP contribution in [0.4, 0.5) is 0 Å². The number of carboxylic acids is 1. The monoisotopic (exact) mass is 534 g/mol. The first-order valence-corrected chi connectivity index (χ1v) is 12.4. The van der Waals surface area contributed by atoms with Crippen molar-refractivity contribution >= 4 is 33.7 Å². The highest BCUT2D eigenvalue weighted by Crippen LogP contribution is 2.25. The quantitative estimate of drug-likeness (QED) is 0.315. The molecule has 0 fully saturated rings. The molecule has 0 amide bonds. The predicted octanol–water partition coefficient (Wildman–Crippen LogP) is 3.86. The van der Waals surface area contributed by atoms with Crippen LogP contribution < -0.4 is 11.1 Å². The number of aliphatic carboxylic acids is 1. The minimum atomic E-state index is -0.863. The Morgan fingerprint density at radius 3 is 1.59 bits per heavy atom. The molecule has 206 valence electrons. The van der Waals surface area contributed by atoms with Crippen molar-refractivity contribution < 1.29 is 19.4 Å². The van der Waals surface area contributed by atoms with Crippen molar-refractivity contribution in [3.63, 3.8) is 0 Å². The maximum absolute atomic E-state index is 11.9. The normalized spacial score (nSPS) is 11.7. The molecule has 0 unspecified atom stereocenters. The average Bonchev–Trinajstić information content (AvgIpc) is 2.84. The number of ether oxygens (including phenoxy) is 1. The molecule has 4 rings (SSSR count). The second-order valence-electron chi connectivity index (χ2n) is 10.9. The van der Waals surface area contributed by atoms with Crippen LogP contribution in [-0.2, 0) is 27.2 Å². The fraction of sp³-hybridized carbons (Fsp3) is 0.379. The molecule has 2 aromatic carbocycles. The molecular formula is C29H34N4O6. The van der Waals surface area contributed by atoms with E-state index in [1.165, 1.54) is 7.11 Å². The van der Waals surface area contributed by atoms with E-state index < -0.39 is 16.8 Å². The number of aryl methyl sites for hydroxylation is 2. The number of hydrogen-bond donors (Lipinski definition) is 3. The summed E-state index contributed by atoms with van der Waals surface area (Å²) < 4.78 is 4.79. The van der Waals surface area contributed by atoms with Crippen molar-refractivity contribution in [1.29, 1.82) is 0 Å². The van der Waals surface area contributed by atoms with Crippen molar-refractivity contribution in [2.45, 2.75) is 54.4 Å². The number of carbonyl (C=O) groups is 2. The zero-order chi connectivity index (χ0) is 29.1. The molecule has 0 saturated carbocycles. The molecule has 0 radical (unpaired) electrons. The van der Waals surface area contributed by atoms with Crippen molar-refractivity contribution in [1.82, 2.24) is 19.9 Å². The number of methoxy groups -OCH3 is 1. The highest BCUT2D eigenvalue weighted by molar-refractivity contribution is 5.80. The van der Waals surface area contributed by atoms with E-state index in [9.17, 15) is 19.2 Å². The molecule has 0 atom stereocenters. The molecule has 0 aliphatic rings. The van der Waals surface area contributed by atoms with E-state index in [1.807, 2.05) is 26.0 Å². The Labute approximate surface area is 225 Å². The molecule has 0 saturated heterocycles. The molecule has 10 nitrogen and oxygen atoms in total. The lowest BCUT2D eigenvalue weighted by molar-refractivity contribution is -0.150. The summed E-state index contributed by atoms with van der Waals surface area (Å²) >= 11 is 0. The third kappa shape index (κ3) is 6.95. The molecule has 10 heteroatoms. The van der Waals surface area contributed by atoms with Gasteiger partial charge in [0.2, 0.25) is 0 Å².